The molecule has 14 atom stereocenters. The van der Waals surface area contributed by atoms with Gasteiger partial charge < -0.3 is 65.5 Å². The van der Waals surface area contributed by atoms with Crippen molar-refractivity contribution in [3.8, 4) is 0 Å². The minimum Gasteiger partial charge on any atom is -0.481 e. The number of aliphatic hydroxyl groups excluding tert-OH is 6. The lowest BCUT2D eigenvalue weighted by Gasteiger charge is -2.45. The first kappa shape index (κ1) is 39.6. The van der Waals surface area contributed by atoms with Crippen LogP contribution in [0.1, 0.15) is 39.5 Å². The molecule has 0 spiro atoms. The predicted octanol–water partition coefficient (Wildman–Crippen LogP) is -1.07. The van der Waals surface area contributed by atoms with Crippen LogP contribution in [0.2, 0.25) is 0 Å². The van der Waals surface area contributed by atoms with Gasteiger partial charge in [0.05, 0.1) is 55.4 Å². The molecule has 2 bridgehead atoms. The van der Waals surface area contributed by atoms with E-state index in [0.717, 1.165) is 12.2 Å². The molecule has 3 aliphatic rings. The Morgan fingerprint density at radius 2 is 1.54 bits per heavy atom. The molecule has 3 aliphatic heterocycles. The fourth-order valence-electron chi connectivity index (χ4n) is 5.61. The van der Waals surface area contributed by atoms with Crippen LogP contribution in [-0.2, 0) is 28.5 Å². The number of nitrogens with two attached hydrogens (primary N) is 1. The Hall–Kier alpha value is -2.80. The van der Waals surface area contributed by atoms with Crippen molar-refractivity contribution in [1.82, 2.24) is 0 Å². The van der Waals surface area contributed by atoms with Gasteiger partial charge in [0, 0.05) is 37.7 Å². The second-order valence-corrected chi connectivity index (χ2v) is 12.5. The second kappa shape index (κ2) is 18.3. The number of carbonyl (C=O) groups is 2. The number of ether oxygens (including phenoxy) is 4. The highest BCUT2D eigenvalue weighted by Gasteiger charge is 2.50. The van der Waals surface area contributed by atoms with Crippen LogP contribution in [0.3, 0.4) is 0 Å². The summed E-state index contributed by atoms with van der Waals surface area (Å²) in [6.07, 6.45) is 0.335. The fourth-order valence-corrected chi connectivity index (χ4v) is 5.61. The Morgan fingerprint density at radius 3 is 2.21 bits per heavy atom. The third-order valence-electron chi connectivity index (χ3n) is 8.55. The SMILES string of the molecule is C[C@H]1/C=C/C=C/C=C/C=C/C(O[C@@H]2OC[C@@H](O)[C@H](N)[C@@H]2O)C[C@@H]2OC(O)(CC(O)CC(O)C(O)/C=C/C(=O)O[C@@H]1C)C[C@H](O)[C@H]2C(=O)O. The van der Waals surface area contributed by atoms with Crippen LogP contribution in [0.5, 0.6) is 0 Å². The lowest BCUT2D eigenvalue weighted by atomic mass is 9.82. The summed E-state index contributed by atoms with van der Waals surface area (Å²) in [6, 6.07) is -1.09. The Kier molecular flexibility index (Phi) is 15.1. The second-order valence-electron chi connectivity index (χ2n) is 12.5. The third-order valence-corrected chi connectivity index (χ3v) is 8.55. The number of hydrogen-bond acceptors (Lipinski definition) is 14. The summed E-state index contributed by atoms with van der Waals surface area (Å²) >= 11 is 0. The average molecular weight is 684 g/mol. The number of aliphatic hydroxyl groups is 7. The molecule has 2 saturated heterocycles. The molecular weight excluding hydrogens is 634 g/mol. The number of aliphatic carboxylic acids is 1. The number of carboxylic acids is 1. The van der Waals surface area contributed by atoms with Crippen molar-refractivity contribution in [3.05, 3.63) is 60.8 Å². The van der Waals surface area contributed by atoms with Gasteiger partial charge in [-0.2, -0.15) is 0 Å². The topological polar surface area (TPSA) is 259 Å². The molecule has 270 valence electrons. The van der Waals surface area contributed by atoms with Gasteiger partial charge in [0.25, 0.3) is 0 Å². The number of carbonyl (C=O) groups excluding carboxylic acids is 1. The highest BCUT2D eigenvalue weighted by atomic mass is 16.7. The average Bonchev–Trinajstić information content (AvgIpc) is 2.99. The van der Waals surface area contributed by atoms with Crippen LogP contribution in [0.4, 0.5) is 0 Å². The van der Waals surface area contributed by atoms with Crippen molar-refractivity contribution in [2.24, 2.45) is 17.6 Å². The number of rotatable bonds is 3. The molecule has 3 rings (SSSR count). The summed E-state index contributed by atoms with van der Waals surface area (Å²) in [5, 5.41) is 84.1. The van der Waals surface area contributed by atoms with Gasteiger partial charge >= 0.3 is 11.9 Å². The van der Waals surface area contributed by atoms with E-state index < -0.39 is 110 Å². The molecule has 15 nitrogen and oxygen atoms in total. The lowest BCUT2D eigenvalue weighted by molar-refractivity contribution is -0.305. The van der Waals surface area contributed by atoms with Gasteiger partial charge in [0.2, 0.25) is 0 Å². The van der Waals surface area contributed by atoms with E-state index in [-0.39, 0.29) is 18.9 Å². The lowest BCUT2D eigenvalue weighted by Crippen LogP contribution is -2.59. The van der Waals surface area contributed by atoms with E-state index >= 15 is 0 Å². The summed E-state index contributed by atoms with van der Waals surface area (Å²) in [6.45, 7) is 3.31. The molecule has 0 aromatic heterocycles. The van der Waals surface area contributed by atoms with Crippen molar-refractivity contribution in [3.63, 3.8) is 0 Å². The van der Waals surface area contributed by atoms with E-state index in [1.54, 1.807) is 43.4 Å². The molecule has 10 N–H and O–H groups in total. The molecule has 0 radical (unpaired) electrons. The summed E-state index contributed by atoms with van der Waals surface area (Å²) in [7, 11) is 0. The number of carboxylic acid groups (broad SMARTS) is 1. The first-order chi connectivity index (χ1) is 22.6. The van der Waals surface area contributed by atoms with Crippen molar-refractivity contribution in [2.45, 2.75) is 113 Å². The molecule has 5 unspecified atom stereocenters. The van der Waals surface area contributed by atoms with E-state index in [1.807, 2.05) is 13.0 Å². The highest BCUT2D eigenvalue weighted by molar-refractivity contribution is 5.82. The molecule has 48 heavy (non-hydrogen) atoms. The van der Waals surface area contributed by atoms with Gasteiger partial charge in [-0.05, 0) is 13.0 Å². The summed E-state index contributed by atoms with van der Waals surface area (Å²) in [5.74, 6) is -6.14. The molecule has 0 amide bonds. The number of hydrogen-bond donors (Lipinski definition) is 9. The van der Waals surface area contributed by atoms with Crippen LogP contribution >= 0.6 is 0 Å². The Morgan fingerprint density at radius 1 is 0.896 bits per heavy atom. The summed E-state index contributed by atoms with van der Waals surface area (Å²) < 4.78 is 22.5. The molecule has 0 aromatic carbocycles. The van der Waals surface area contributed by atoms with Gasteiger partial charge in [0.15, 0.2) is 12.1 Å². The number of cyclic esters (lactones) is 1. The maximum Gasteiger partial charge on any atom is 0.330 e. The number of allylic oxidation sites excluding steroid dienone is 6. The molecular formula is C33H49NO14. The van der Waals surface area contributed by atoms with Crippen molar-refractivity contribution < 1.29 is 69.4 Å². The molecule has 2 fully saturated rings. The van der Waals surface area contributed by atoms with Crippen LogP contribution in [0.15, 0.2) is 60.8 Å². The molecule has 0 aromatic rings. The monoisotopic (exact) mass is 683 g/mol. The number of fused-ring (bicyclic) bond motifs is 2. The van der Waals surface area contributed by atoms with Gasteiger partial charge in [-0.3, -0.25) is 4.79 Å². The van der Waals surface area contributed by atoms with E-state index in [1.165, 1.54) is 6.08 Å². The van der Waals surface area contributed by atoms with E-state index in [2.05, 4.69) is 0 Å². The van der Waals surface area contributed by atoms with E-state index in [0.29, 0.717) is 0 Å². The molecule has 0 saturated carbocycles. The molecule has 15 heteroatoms. The van der Waals surface area contributed by atoms with E-state index in [9.17, 15) is 50.4 Å². The highest BCUT2D eigenvalue weighted by Crippen LogP contribution is 2.38. The summed E-state index contributed by atoms with van der Waals surface area (Å²) in [5.41, 5.74) is 5.87. The minimum absolute atomic E-state index is 0.169. The van der Waals surface area contributed by atoms with Crippen molar-refractivity contribution in [1.29, 1.82) is 0 Å². The van der Waals surface area contributed by atoms with Crippen LogP contribution in [0.25, 0.3) is 0 Å². The third kappa shape index (κ3) is 11.7. The van der Waals surface area contributed by atoms with Crippen LogP contribution in [-0.4, -0.2) is 132 Å². The first-order valence-electron chi connectivity index (χ1n) is 15.9. The normalized spacial score (nSPS) is 45.9. The van der Waals surface area contributed by atoms with Gasteiger partial charge in [-0.25, -0.2) is 4.79 Å². The Bertz CT molecular complexity index is 1200. The van der Waals surface area contributed by atoms with Crippen molar-refractivity contribution in [2.75, 3.05) is 6.61 Å². The molecule has 3 heterocycles. The predicted molar refractivity (Wildman–Crippen MR) is 168 cm³/mol. The smallest absolute Gasteiger partial charge is 0.330 e. The van der Waals surface area contributed by atoms with E-state index in [4.69, 9.17) is 24.7 Å². The maximum atomic E-state index is 12.2. The maximum absolute atomic E-state index is 12.2. The standard InChI is InChI=1S/C33H49NO14/c1-18-9-7-5-3-4-6-8-10-21(47-32-30(41)29(34)25(39)17-45-32)14-26-28(31(42)43)24(38)16-33(44,48-26)15-20(35)13-23(37)22(36)11-12-27(40)46-19(18)2/h3-12,18-26,28-30,32,35-39,41,44H,13-17,34H2,1-2H3,(H,42,43)/b5-3+,6-4+,9-7+,10-8+,12-11+/t18-,19+,20?,21?,22?,23?,24-,25+,26-,28+,29-,30-,32-,33?/m0/s1. The summed E-state index contributed by atoms with van der Waals surface area (Å²) in [4.78, 5) is 24.5. The van der Waals surface area contributed by atoms with Gasteiger partial charge in [-0.15, -0.1) is 0 Å². The zero-order valence-corrected chi connectivity index (χ0v) is 26.9. The van der Waals surface area contributed by atoms with Crippen LogP contribution in [0, 0.1) is 11.8 Å². The quantitative estimate of drug-likeness (QED) is 0.161. The van der Waals surface area contributed by atoms with Crippen molar-refractivity contribution >= 4 is 11.9 Å². The minimum atomic E-state index is -2.26. The Balaban J connectivity index is 1.92. The van der Waals surface area contributed by atoms with Gasteiger partial charge in [0.1, 0.15) is 18.1 Å². The largest absolute Gasteiger partial charge is 0.481 e. The fraction of sp³-hybridized carbons (Fsp3) is 0.636. The zero-order chi connectivity index (χ0) is 35.6. The van der Waals surface area contributed by atoms with Crippen LogP contribution < -0.4 is 5.73 Å². The number of esters is 1. The zero-order valence-electron chi connectivity index (χ0n) is 26.9. The molecule has 0 aliphatic carbocycles. The first-order valence-corrected chi connectivity index (χ1v) is 15.9. The Labute approximate surface area is 278 Å². The van der Waals surface area contributed by atoms with Gasteiger partial charge in [-0.1, -0.05) is 55.5 Å².